The van der Waals surface area contributed by atoms with Crippen LogP contribution in [0.1, 0.15) is 18.3 Å². The molecule has 2 unspecified atom stereocenters. The number of hydrogen-bond donors (Lipinski definition) is 2. The van der Waals surface area contributed by atoms with E-state index in [0.717, 1.165) is 0 Å². The number of rotatable bonds is 3. The number of aryl methyl sites for hydroxylation is 1. The van der Waals surface area contributed by atoms with Gasteiger partial charge in [-0.25, -0.2) is 4.98 Å². The van der Waals surface area contributed by atoms with Crippen LogP contribution < -0.4 is 0 Å². The third-order valence-electron chi connectivity index (χ3n) is 1.79. The van der Waals surface area contributed by atoms with Crippen LogP contribution in [-0.4, -0.2) is 25.9 Å². The summed E-state index contributed by atoms with van der Waals surface area (Å²) in [4.78, 5) is 3.86. The van der Waals surface area contributed by atoms with Crippen LogP contribution in [0.2, 0.25) is 0 Å². The topological polar surface area (TPSA) is 82.1 Å². The summed E-state index contributed by atoms with van der Waals surface area (Å²) < 4.78 is 1.60. The van der Waals surface area contributed by atoms with Gasteiger partial charge in [0.1, 0.15) is 18.0 Å². The van der Waals surface area contributed by atoms with Crippen molar-refractivity contribution in [2.24, 2.45) is 7.05 Å². The average Bonchev–Trinajstić information content (AvgIpc) is 2.50. The van der Waals surface area contributed by atoms with Crippen molar-refractivity contribution in [1.82, 2.24) is 9.55 Å². The summed E-state index contributed by atoms with van der Waals surface area (Å²) in [6.45, 7) is 0. The Labute approximate surface area is 75.9 Å². The molecule has 0 fully saturated rings. The normalized spacial score (nSPS) is 14.9. The van der Waals surface area contributed by atoms with Crippen molar-refractivity contribution in [2.75, 3.05) is 0 Å². The van der Waals surface area contributed by atoms with Gasteiger partial charge in [-0.1, -0.05) is 0 Å². The van der Waals surface area contributed by atoms with Gasteiger partial charge in [0.25, 0.3) is 0 Å². The van der Waals surface area contributed by atoms with Gasteiger partial charge in [-0.3, -0.25) is 0 Å². The van der Waals surface area contributed by atoms with Crippen molar-refractivity contribution in [2.45, 2.75) is 18.6 Å². The Bertz CT molecular complexity index is 315. The Hall–Kier alpha value is -1.38. The first-order valence-electron chi connectivity index (χ1n) is 3.87. The van der Waals surface area contributed by atoms with E-state index in [4.69, 9.17) is 5.26 Å². The van der Waals surface area contributed by atoms with Crippen LogP contribution in [-0.2, 0) is 7.05 Å². The first-order chi connectivity index (χ1) is 6.16. The zero-order valence-electron chi connectivity index (χ0n) is 7.25. The molecule has 0 bridgehead atoms. The first kappa shape index (κ1) is 9.71. The molecular weight excluding hydrogens is 170 g/mol. The van der Waals surface area contributed by atoms with E-state index in [9.17, 15) is 10.2 Å². The number of aromatic nitrogens is 2. The lowest BCUT2D eigenvalue weighted by atomic mass is 10.1. The zero-order valence-corrected chi connectivity index (χ0v) is 7.25. The second kappa shape index (κ2) is 4.03. The second-order valence-electron chi connectivity index (χ2n) is 2.77. The van der Waals surface area contributed by atoms with Crippen LogP contribution in [0.15, 0.2) is 12.4 Å². The highest BCUT2D eigenvalue weighted by molar-refractivity contribution is 4.99. The molecular formula is C8H11N3O2. The molecule has 0 aliphatic heterocycles. The Morgan fingerprint density at radius 2 is 2.38 bits per heavy atom. The zero-order chi connectivity index (χ0) is 9.84. The van der Waals surface area contributed by atoms with E-state index < -0.39 is 12.2 Å². The van der Waals surface area contributed by atoms with E-state index in [1.54, 1.807) is 23.9 Å². The third-order valence-corrected chi connectivity index (χ3v) is 1.79. The summed E-state index contributed by atoms with van der Waals surface area (Å²) in [6, 6.07) is 1.78. The van der Waals surface area contributed by atoms with Gasteiger partial charge in [0, 0.05) is 19.4 Å². The lowest BCUT2D eigenvalue weighted by Crippen LogP contribution is -2.20. The molecule has 13 heavy (non-hydrogen) atoms. The summed E-state index contributed by atoms with van der Waals surface area (Å²) in [5, 5.41) is 27.1. The molecule has 70 valence electrons. The standard InChI is InChI=1S/C8H11N3O2/c1-11-5-4-10-8(11)7(13)6(12)2-3-9/h4-7,12-13H,2H2,1H3. The first-order valence-corrected chi connectivity index (χ1v) is 3.87. The quantitative estimate of drug-likeness (QED) is 0.672. The van der Waals surface area contributed by atoms with E-state index in [1.165, 1.54) is 6.20 Å². The van der Waals surface area contributed by atoms with Crippen LogP contribution in [0.5, 0.6) is 0 Å². The number of nitriles is 1. The van der Waals surface area contributed by atoms with Crippen LogP contribution in [0.25, 0.3) is 0 Å². The maximum atomic E-state index is 9.51. The minimum Gasteiger partial charge on any atom is -0.389 e. The summed E-state index contributed by atoms with van der Waals surface area (Å²) in [6.07, 6.45) is 0.911. The fraction of sp³-hybridized carbons (Fsp3) is 0.500. The molecule has 0 radical (unpaired) electrons. The largest absolute Gasteiger partial charge is 0.389 e. The van der Waals surface area contributed by atoms with Crippen molar-refractivity contribution in [3.8, 4) is 6.07 Å². The SMILES string of the molecule is Cn1ccnc1C(O)C(O)CC#N. The van der Waals surface area contributed by atoms with Gasteiger partial charge in [0.05, 0.1) is 12.5 Å². The second-order valence-corrected chi connectivity index (χ2v) is 2.77. The summed E-state index contributed by atoms with van der Waals surface area (Å²) in [5.41, 5.74) is 0. The van der Waals surface area contributed by atoms with Crippen molar-refractivity contribution in [3.05, 3.63) is 18.2 Å². The minimum atomic E-state index is -1.10. The van der Waals surface area contributed by atoms with Crippen molar-refractivity contribution in [3.63, 3.8) is 0 Å². The highest BCUT2D eigenvalue weighted by Gasteiger charge is 2.21. The number of aliphatic hydroxyl groups is 2. The highest BCUT2D eigenvalue weighted by Crippen LogP contribution is 2.15. The molecule has 0 aromatic carbocycles. The maximum absolute atomic E-state index is 9.51. The van der Waals surface area contributed by atoms with E-state index in [1.807, 2.05) is 0 Å². The van der Waals surface area contributed by atoms with E-state index in [0.29, 0.717) is 5.82 Å². The summed E-state index contributed by atoms with van der Waals surface area (Å²) in [5.74, 6) is 0.364. The molecule has 0 saturated heterocycles. The Kier molecular flexibility index (Phi) is 3.01. The highest BCUT2D eigenvalue weighted by atomic mass is 16.3. The van der Waals surface area contributed by atoms with Gasteiger partial charge in [-0.15, -0.1) is 0 Å². The molecule has 0 saturated carbocycles. The van der Waals surface area contributed by atoms with Gasteiger partial charge >= 0.3 is 0 Å². The van der Waals surface area contributed by atoms with E-state index in [-0.39, 0.29) is 6.42 Å². The third kappa shape index (κ3) is 2.05. The van der Waals surface area contributed by atoms with Gasteiger partial charge < -0.3 is 14.8 Å². The molecule has 1 heterocycles. The molecule has 1 aromatic heterocycles. The molecule has 2 atom stereocenters. The van der Waals surface area contributed by atoms with E-state index >= 15 is 0 Å². The molecule has 0 aliphatic rings. The lowest BCUT2D eigenvalue weighted by molar-refractivity contribution is 0.0146. The molecule has 1 rings (SSSR count). The molecule has 0 spiro atoms. The van der Waals surface area contributed by atoms with Crippen molar-refractivity contribution < 1.29 is 10.2 Å². The molecule has 0 amide bonds. The fourth-order valence-corrected chi connectivity index (χ4v) is 1.04. The van der Waals surface area contributed by atoms with Crippen LogP contribution in [0.4, 0.5) is 0 Å². The molecule has 5 heteroatoms. The Morgan fingerprint density at radius 1 is 1.69 bits per heavy atom. The predicted molar refractivity (Wildman–Crippen MR) is 44.4 cm³/mol. The van der Waals surface area contributed by atoms with Gasteiger partial charge in [0.2, 0.25) is 0 Å². The smallest absolute Gasteiger partial charge is 0.140 e. The number of hydrogen-bond acceptors (Lipinski definition) is 4. The monoisotopic (exact) mass is 181 g/mol. The van der Waals surface area contributed by atoms with Crippen molar-refractivity contribution >= 4 is 0 Å². The maximum Gasteiger partial charge on any atom is 0.140 e. The summed E-state index contributed by atoms with van der Waals surface area (Å²) in [7, 11) is 1.71. The number of nitrogens with zero attached hydrogens (tertiary/aromatic N) is 3. The molecule has 5 nitrogen and oxygen atoms in total. The number of imidazole rings is 1. The molecule has 1 aromatic rings. The van der Waals surface area contributed by atoms with E-state index in [2.05, 4.69) is 4.98 Å². The minimum absolute atomic E-state index is 0.103. The predicted octanol–water partition coefficient (Wildman–Crippen LogP) is -0.272. The molecule has 0 aliphatic carbocycles. The van der Waals surface area contributed by atoms with Crippen molar-refractivity contribution in [1.29, 1.82) is 5.26 Å². The Balaban J connectivity index is 2.74. The van der Waals surface area contributed by atoms with Crippen LogP contribution in [0, 0.1) is 11.3 Å². The average molecular weight is 181 g/mol. The molecule has 2 N–H and O–H groups in total. The summed E-state index contributed by atoms with van der Waals surface area (Å²) >= 11 is 0. The van der Waals surface area contributed by atoms with Crippen LogP contribution in [0.3, 0.4) is 0 Å². The fourth-order valence-electron chi connectivity index (χ4n) is 1.04. The van der Waals surface area contributed by atoms with Gasteiger partial charge in [-0.2, -0.15) is 5.26 Å². The van der Waals surface area contributed by atoms with Crippen LogP contribution >= 0.6 is 0 Å². The van der Waals surface area contributed by atoms with Gasteiger partial charge in [-0.05, 0) is 0 Å². The number of aliphatic hydroxyl groups excluding tert-OH is 2. The Morgan fingerprint density at radius 3 is 2.85 bits per heavy atom. The van der Waals surface area contributed by atoms with Gasteiger partial charge in [0.15, 0.2) is 0 Å². The lowest BCUT2D eigenvalue weighted by Gasteiger charge is -2.14.